The van der Waals surface area contributed by atoms with E-state index in [1.165, 1.54) is 5.69 Å². The molecule has 4 heteroatoms. The van der Waals surface area contributed by atoms with Gasteiger partial charge in [0.1, 0.15) is 6.09 Å². The lowest BCUT2D eigenvalue weighted by atomic mass is 10.4. The van der Waals surface area contributed by atoms with E-state index in [-0.39, 0.29) is 0 Å². The number of aryl methyl sites for hydroxylation is 1. The Balaban J connectivity index is 0.000000218. The molecule has 0 aliphatic carbocycles. The second kappa shape index (κ2) is 5.22. The number of nitrogens with two attached hydrogens (primary N) is 1. The Hall–Kier alpha value is -1.58. The molecule has 0 spiro atoms. The fraction of sp³-hybridized carbons (Fsp3) is 0.143. The molecule has 1 aromatic rings. The van der Waals surface area contributed by atoms with E-state index in [0.717, 1.165) is 0 Å². The summed E-state index contributed by atoms with van der Waals surface area (Å²) in [7, 11) is 0. The number of carbonyl (C=O) groups is 1. The summed E-state index contributed by atoms with van der Waals surface area (Å²) in [5.74, 6) is 0. The molecular weight excluding hydrogens is 144 g/mol. The zero-order chi connectivity index (χ0) is 8.69. The van der Waals surface area contributed by atoms with E-state index < -0.39 is 6.09 Å². The highest BCUT2D eigenvalue weighted by Gasteiger charge is 1.81. The molecule has 0 saturated heterocycles. The molecule has 0 saturated carbocycles. The molecule has 0 aromatic carbocycles. The van der Waals surface area contributed by atoms with Crippen LogP contribution in [0, 0.1) is 6.92 Å². The maximum absolute atomic E-state index is 8.67. The number of hydrogen-bond donors (Lipinski definition) is 1. The number of aromatic nitrogens is 1. The molecule has 1 heterocycles. The van der Waals surface area contributed by atoms with Crippen molar-refractivity contribution in [2.75, 3.05) is 0 Å². The van der Waals surface area contributed by atoms with E-state index in [0.29, 0.717) is 0 Å². The van der Waals surface area contributed by atoms with E-state index in [1.807, 2.05) is 31.3 Å². The van der Waals surface area contributed by atoms with Crippen molar-refractivity contribution in [1.82, 2.24) is 0 Å². The first-order valence-electron chi connectivity index (χ1n) is 3.02. The average Bonchev–Trinajstić information content (AvgIpc) is 1.87. The van der Waals surface area contributed by atoms with E-state index in [9.17, 15) is 0 Å². The predicted octanol–water partition coefficient (Wildman–Crippen LogP) is -0.902. The third-order valence-corrected chi connectivity index (χ3v) is 0.865. The Morgan fingerprint density at radius 1 is 1.64 bits per heavy atom. The van der Waals surface area contributed by atoms with Crippen LogP contribution in [-0.2, 0) is 0 Å². The molecule has 11 heavy (non-hydrogen) atoms. The fourth-order valence-electron chi connectivity index (χ4n) is 0.483. The Labute approximate surface area is 64.7 Å². The SMILES string of the molecule is Cc1cccc[nH+]1.NC(=O)[O-]. The minimum atomic E-state index is -1.58. The fourth-order valence-corrected chi connectivity index (χ4v) is 0.483. The van der Waals surface area contributed by atoms with Crippen molar-refractivity contribution in [2.45, 2.75) is 6.92 Å². The lowest BCUT2D eigenvalue weighted by Crippen LogP contribution is -2.29. The molecule has 0 aliphatic rings. The summed E-state index contributed by atoms with van der Waals surface area (Å²) in [6, 6.07) is 6.00. The lowest BCUT2D eigenvalue weighted by molar-refractivity contribution is -0.387. The number of pyridine rings is 1. The van der Waals surface area contributed by atoms with Gasteiger partial charge in [-0.1, -0.05) is 6.07 Å². The van der Waals surface area contributed by atoms with Gasteiger partial charge in [-0.15, -0.1) is 0 Å². The number of amides is 1. The number of aromatic amines is 1. The summed E-state index contributed by atoms with van der Waals surface area (Å²) in [5, 5.41) is 8.67. The van der Waals surface area contributed by atoms with Crippen LogP contribution in [0.3, 0.4) is 0 Å². The number of rotatable bonds is 0. The number of nitrogens with one attached hydrogen (secondary N) is 1. The van der Waals surface area contributed by atoms with Gasteiger partial charge in [0.2, 0.25) is 0 Å². The summed E-state index contributed by atoms with van der Waals surface area (Å²) in [6.45, 7) is 2.03. The molecule has 0 bridgehead atoms. The molecule has 0 atom stereocenters. The molecule has 60 valence electrons. The first-order chi connectivity index (χ1) is 5.13. The number of carbonyl (C=O) groups excluding carboxylic acids is 1. The highest BCUT2D eigenvalue weighted by molar-refractivity contribution is 5.58. The Morgan fingerprint density at radius 2 is 2.18 bits per heavy atom. The first kappa shape index (κ1) is 9.42. The van der Waals surface area contributed by atoms with Gasteiger partial charge in [0.25, 0.3) is 0 Å². The van der Waals surface area contributed by atoms with Gasteiger partial charge in [0.05, 0.1) is 0 Å². The topological polar surface area (TPSA) is 80.3 Å². The van der Waals surface area contributed by atoms with Crippen LogP contribution in [0.5, 0.6) is 0 Å². The van der Waals surface area contributed by atoms with Gasteiger partial charge >= 0.3 is 0 Å². The molecule has 0 fully saturated rings. The van der Waals surface area contributed by atoms with Gasteiger partial charge < -0.3 is 15.6 Å². The van der Waals surface area contributed by atoms with Crippen LogP contribution in [0.4, 0.5) is 4.79 Å². The van der Waals surface area contributed by atoms with Crippen LogP contribution in [0.25, 0.3) is 0 Å². The van der Waals surface area contributed by atoms with Crippen molar-refractivity contribution < 1.29 is 14.9 Å². The smallest absolute Gasteiger partial charge is 0.176 e. The van der Waals surface area contributed by atoms with E-state index in [1.54, 1.807) is 0 Å². The largest absolute Gasteiger partial charge is 0.530 e. The van der Waals surface area contributed by atoms with Gasteiger partial charge in [0.15, 0.2) is 11.9 Å². The number of carboxylic acid groups (broad SMARTS) is 1. The highest BCUT2D eigenvalue weighted by Crippen LogP contribution is 1.80. The normalized spacial score (nSPS) is 7.73. The molecule has 1 rings (SSSR count). The Morgan fingerprint density at radius 3 is 2.36 bits per heavy atom. The van der Waals surface area contributed by atoms with Crippen molar-refractivity contribution in [3.05, 3.63) is 30.1 Å². The van der Waals surface area contributed by atoms with Crippen molar-refractivity contribution >= 4 is 6.09 Å². The number of hydrogen-bond acceptors (Lipinski definition) is 2. The van der Waals surface area contributed by atoms with Crippen molar-refractivity contribution in [3.8, 4) is 0 Å². The van der Waals surface area contributed by atoms with Crippen molar-refractivity contribution in [3.63, 3.8) is 0 Å². The zero-order valence-corrected chi connectivity index (χ0v) is 6.20. The first-order valence-corrected chi connectivity index (χ1v) is 3.02. The van der Waals surface area contributed by atoms with E-state index in [2.05, 4.69) is 10.7 Å². The Bertz CT molecular complexity index is 207. The van der Waals surface area contributed by atoms with Crippen molar-refractivity contribution in [1.29, 1.82) is 0 Å². The van der Waals surface area contributed by atoms with Crippen LogP contribution in [-0.4, -0.2) is 6.09 Å². The summed E-state index contributed by atoms with van der Waals surface area (Å²) in [5.41, 5.74) is 5.11. The van der Waals surface area contributed by atoms with E-state index >= 15 is 0 Å². The quantitative estimate of drug-likeness (QED) is 0.525. The maximum Gasteiger partial charge on any atom is 0.176 e. The van der Waals surface area contributed by atoms with Gasteiger partial charge in [0, 0.05) is 19.1 Å². The molecule has 1 amide bonds. The highest BCUT2D eigenvalue weighted by atomic mass is 16.4. The third-order valence-electron chi connectivity index (χ3n) is 0.865. The van der Waals surface area contributed by atoms with E-state index in [4.69, 9.17) is 9.90 Å². The van der Waals surface area contributed by atoms with Gasteiger partial charge in [-0.25, -0.2) is 4.98 Å². The van der Waals surface area contributed by atoms with Crippen LogP contribution in [0.2, 0.25) is 0 Å². The second-order valence-corrected chi connectivity index (χ2v) is 1.86. The number of primary amides is 1. The lowest BCUT2D eigenvalue weighted by Gasteiger charge is -1.78. The third kappa shape index (κ3) is 8.42. The molecule has 1 aromatic heterocycles. The van der Waals surface area contributed by atoms with Crippen LogP contribution < -0.4 is 15.8 Å². The molecule has 0 radical (unpaired) electrons. The minimum Gasteiger partial charge on any atom is -0.530 e. The van der Waals surface area contributed by atoms with Gasteiger partial charge in [-0.2, -0.15) is 0 Å². The standard InChI is InChI=1S/C6H7N.CH3NO2/c1-6-4-2-3-5-7-6;2-1(3)4/h2-5H,1H3;2H2,(H,3,4). The monoisotopic (exact) mass is 154 g/mol. The summed E-state index contributed by atoms with van der Waals surface area (Å²) < 4.78 is 0. The minimum absolute atomic E-state index is 1.20. The van der Waals surface area contributed by atoms with Crippen LogP contribution in [0.15, 0.2) is 24.4 Å². The van der Waals surface area contributed by atoms with Gasteiger partial charge in [-0.05, 0) is 0 Å². The van der Waals surface area contributed by atoms with Gasteiger partial charge in [-0.3, -0.25) is 0 Å². The van der Waals surface area contributed by atoms with Crippen LogP contribution in [0.1, 0.15) is 5.69 Å². The Kier molecular flexibility index (Phi) is 4.47. The molecule has 0 aliphatic heterocycles. The average molecular weight is 154 g/mol. The summed E-state index contributed by atoms with van der Waals surface area (Å²) in [4.78, 5) is 11.7. The molecule has 0 unspecified atom stereocenters. The van der Waals surface area contributed by atoms with Crippen LogP contribution >= 0.6 is 0 Å². The summed E-state index contributed by atoms with van der Waals surface area (Å²) in [6.07, 6.45) is 0.329. The van der Waals surface area contributed by atoms with Crippen molar-refractivity contribution in [2.24, 2.45) is 5.73 Å². The second-order valence-electron chi connectivity index (χ2n) is 1.86. The predicted molar refractivity (Wildman–Crippen MR) is 37.3 cm³/mol. The zero-order valence-electron chi connectivity index (χ0n) is 6.20. The summed E-state index contributed by atoms with van der Waals surface area (Å²) >= 11 is 0. The number of H-pyrrole nitrogens is 1. The maximum atomic E-state index is 8.67. The molecular formula is C7H10N2O2. The molecule has 3 N–H and O–H groups in total. The molecule has 4 nitrogen and oxygen atoms in total.